The summed E-state index contributed by atoms with van der Waals surface area (Å²) in [5.41, 5.74) is 0.767. The number of benzene rings is 2. The molecule has 3 aromatic rings. The van der Waals surface area contributed by atoms with Gasteiger partial charge in [-0.2, -0.15) is 0 Å². The molecule has 1 amide bonds. The summed E-state index contributed by atoms with van der Waals surface area (Å²) < 4.78 is 26.0. The van der Waals surface area contributed by atoms with Gasteiger partial charge in [-0.1, -0.05) is 37.3 Å². The number of fused-ring (bicyclic) bond motifs is 2. The minimum atomic E-state index is -0.535. The van der Waals surface area contributed by atoms with Crippen molar-refractivity contribution >= 4 is 45.0 Å². The fourth-order valence-electron chi connectivity index (χ4n) is 3.27. The predicted octanol–water partition coefficient (Wildman–Crippen LogP) is 4.57. The summed E-state index contributed by atoms with van der Waals surface area (Å²) in [6.45, 7) is 7.19. The average molecular weight is 452 g/mol. The molecule has 0 radical (unpaired) electrons. The Morgan fingerprint density at radius 2 is 1.83 bits per heavy atom. The number of ether oxygens (including phenoxy) is 2. The smallest absolute Gasteiger partial charge is 0.263 e. The second-order valence-corrected chi connectivity index (χ2v) is 7.64. The summed E-state index contributed by atoms with van der Waals surface area (Å²) in [7, 11) is 0. The van der Waals surface area contributed by atoms with E-state index in [-0.39, 0.29) is 24.8 Å². The molecular formula is C21H23ClFN3O3S. The molecule has 30 heavy (non-hydrogen) atoms. The quantitative estimate of drug-likeness (QED) is 0.526. The van der Waals surface area contributed by atoms with Crippen LogP contribution < -0.4 is 14.4 Å². The molecule has 0 bridgehead atoms. The molecule has 1 aliphatic rings. The van der Waals surface area contributed by atoms with Crippen molar-refractivity contribution < 1.29 is 18.7 Å². The lowest BCUT2D eigenvalue weighted by Crippen LogP contribution is -2.39. The Labute approximate surface area is 184 Å². The second kappa shape index (κ2) is 9.59. The van der Waals surface area contributed by atoms with Gasteiger partial charge in [-0.3, -0.25) is 9.69 Å². The van der Waals surface area contributed by atoms with Gasteiger partial charge in [0, 0.05) is 25.2 Å². The van der Waals surface area contributed by atoms with Crippen LogP contribution in [0.25, 0.3) is 10.2 Å². The number of thiazole rings is 1. The highest BCUT2D eigenvalue weighted by molar-refractivity contribution is 7.22. The van der Waals surface area contributed by atoms with E-state index >= 15 is 0 Å². The molecule has 160 valence electrons. The highest BCUT2D eigenvalue weighted by Gasteiger charge is 2.25. The highest BCUT2D eigenvalue weighted by Crippen LogP contribution is 2.40. The van der Waals surface area contributed by atoms with Gasteiger partial charge >= 0.3 is 0 Å². The van der Waals surface area contributed by atoms with Crippen LogP contribution in [-0.4, -0.2) is 48.8 Å². The summed E-state index contributed by atoms with van der Waals surface area (Å²) in [5, 5.41) is 0.532. The molecule has 0 saturated carbocycles. The van der Waals surface area contributed by atoms with Crippen molar-refractivity contribution in [1.29, 1.82) is 0 Å². The standard InChI is InChI=1S/C21H22FN3O3S.ClH/c1-3-24(4-2)9-10-25(20(26)14-7-5-6-8-15(14)22)21-23-16-11-17-18(28-13-27-17)12-19(16)29-21;/h5-8,11-12H,3-4,9-10,13H2,1-2H3;1H. The number of hydrogen-bond acceptors (Lipinski definition) is 6. The number of rotatable bonds is 7. The van der Waals surface area contributed by atoms with E-state index in [9.17, 15) is 9.18 Å². The molecule has 2 heterocycles. The maximum atomic E-state index is 14.3. The first kappa shape index (κ1) is 22.3. The monoisotopic (exact) mass is 451 g/mol. The van der Waals surface area contributed by atoms with Crippen molar-refractivity contribution in [3.63, 3.8) is 0 Å². The predicted molar refractivity (Wildman–Crippen MR) is 119 cm³/mol. The molecule has 4 rings (SSSR count). The molecule has 1 aliphatic heterocycles. The maximum Gasteiger partial charge on any atom is 0.263 e. The van der Waals surface area contributed by atoms with Crippen molar-refractivity contribution in [2.24, 2.45) is 0 Å². The molecule has 0 spiro atoms. The first-order chi connectivity index (χ1) is 14.1. The van der Waals surface area contributed by atoms with Crippen LogP contribution in [0.5, 0.6) is 11.5 Å². The molecule has 0 N–H and O–H groups in total. The second-order valence-electron chi connectivity index (χ2n) is 6.63. The van der Waals surface area contributed by atoms with Gasteiger partial charge in [0.2, 0.25) is 6.79 Å². The topological polar surface area (TPSA) is 54.9 Å². The maximum absolute atomic E-state index is 14.3. The van der Waals surface area contributed by atoms with Crippen molar-refractivity contribution in [3.05, 3.63) is 47.8 Å². The number of hydrogen-bond donors (Lipinski definition) is 0. The Bertz CT molecular complexity index is 1000. The Hall–Kier alpha value is -2.42. The number of likely N-dealkylation sites (N-methyl/N-ethyl adjacent to an activating group) is 1. The van der Waals surface area contributed by atoms with E-state index in [0.29, 0.717) is 29.7 Å². The van der Waals surface area contributed by atoms with Crippen molar-refractivity contribution in [1.82, 2.24) is 9.88 Å². The van der Waals surface area contributed by atoms with E-state index < -0.39 is 11.7 Å². The molecule has 0 saturated heterocycles. The van der Waals surface area contributed by atoms with Crippen LogP contribution in [0.2, 0.25) is 0 Å². The molecule has 0 atom stereocenters. The SMILES string of the molecule is CCN(CC)CCN(C(=O)c1ccccc1F)c1nc2cc3c(cc2s1)OCO3.Cl. The number of carbonyl (C=O) groups excluding carboxylic acids is 1. The van der Waals surface area contributed by atoms with Crippen LogP contribution in [0.4, 0.5) is 9.52 Å². The number of aromatic nitrogens is 1. The van der Waals surface area contributed by atoms with Gasteiger partial charge in [0.1, 0.15) is 5.82 Å². The third-order valence-corrected chi connectivity index (χ3v) is 6.03. The summed E-state index contributed by atoms with van der Waals surface area (Å²) >= 11 is 1.38. The molecule has 2 aromatic carbocycles. The molecule has 1 aromatic heterocycles. The van der Waals surface area contributed by atoms with Crippen molar-refractivity contribution in [2.45, 2.75) is 13.8 Å². The molecule has 0 fully saturated rings. The van der Waals surface area contributed by atoms with Crippen molar-refractivity contribution in [2.75, 3.05) is 37.9 Å². The number of anilines is 1. The first-order valence-corrected chi connectivity index (χ1v) is 10.4. The van der Waals surface area contributed by atoms with Crippen LogP contribution >= 0.6 is 23.7 Å². The normalized spacial score (nSPS) is 12.3. The summed E-state index contributed by atoms with van der Waals surface area (Å²) in [4.78, 5) is 21.6. The fraction of sp³-hybridized carbons (Fsp3) is 0.333. The van der Waals surface area contributed by atoms with Gasteiger partial charge in [0.05, 0.1) is 15.8 Å². The number of nitrogens with zero attached hydrogens (tertiary/aromatic N) is 3. The van der Waals surface area contributed by atoms with Crippen LogP contribution in [0, 0.1) is 5.82 Å². The lowest BCUT2D eigenvalue weighted by molar-refractivity contribution is 0.0980. The Balaban J connectivity index is 0.00000256. The van der Waals surface area contributed by atoms with Crippen LogP contribution in [0.3, 0.4) is 0 Å². The zero-order chi connectivity index (χ0) is 20.4. The van der Waals surface area contributed by atoms with E-state index in [0.717, 1.165) is 23.3 Å². The van der Waals surface area contributed by atoms with Crippen LogP contribution in [0.15, 0.2) is 36.4 Å². The molecule has 6 nitrogen and oxygen atoms in total. The third-order valence-electron chi connectivity index (χ3n) is 4.99. The van der Waals surface area contributed by atoms with Gasteiger partial charge in [0.25, 0.3) is 5.91 Å². The first-order valence-electron chi connectivity index (χ1n) is 9.59. The molecule has 9 heteroatoms. The minimum Gasteiger partial charge on any atom is -0.454 e. The van der Waals surface area contributed by atoms with Crippen LogP contribution in [0.1, 0.15) is 24.2 Å². The molecule has 0 unspecified atom stereocenters. The van der Waals surface area contributed by atoms with Gasteiger partial charge < -0.3 is 14.4 Å². The third kappa shape index (κ3) is 4.35. The van der Waals surface area contributed by atoms with E-state index in [1.165, 1.54) is 23.5 Å². The highest BCUT2D eigenvalue weighted by atomic mass is 35.5. The summed E-state index contributed by atoms with van der Waals surface area (Å²) in [6.07, 6.45) is 0. The lowest BCUT2D eigenvalue weighted by Gasteiger charge is -2.24. The zero-order valence-electron chi connectivity index (χ0n) is 16.8. The average Bonchev–Trinajstić information content (AvgIpc) is 3.35. The molecule has 0 aliphatic carbocycles. The minimum absolute atomic E-state index is 0. The van der Waals surface area contributed by atoms with E-state index in [4.69, 9.17) is 9.47 Å². The number of halogens is 2. The molecular weight excluding hydrogens is 429 g/mol. The van der Waals surface area contributed by atoms with Gasteiger partial charge in [-0.25, -0.2) is 9.37 Å². The Kier molecular flexibility index (Phi) is 7.12. The fourth-order valence-corrected chi connectivity index (χ4v) is 4.27. The number of amides is 1. The van der Waals surface area contributed by atoms with Gasteiger partial charge in [-0.05, 0) is 25.2 Å². The Morgan fingerprint density at radius 1 is 1.13 bits per heavy atom. The van der Waals surface area contributed by atoms with E-state index in [1.54, 1.807) is 17.0 Å². The van der Waals surface area contributed by atoms with E-state index in [1.807, 2.05) is 12.1 Å². The summed E-state index contributed by atoms with van der Waals surface area (Å²) in [5.74, 6) is 0.383. The largest absolute Gasteiger partial charge is 0.454 e. The zero-order valence-corrected chi connectivity index (χ0v) is 18.4. The van der Waals surface area contributed by atoms with Gasteiger partial charge in [-0.15, -0.1) is 12.4 Å². The van der Waals surface area contributed by atoms with Crippen molar-refractivity contribution in [3.8, 4) is 11.5 Å². The lowest BCUT2D eigenvalue weighted by atomic mass is 10.2. The Morgan fingerprint density at radius 3 is 2.53 bits per heavy atom. The van der Waals surface area contributed by atoms with Crippen LogP contribution in [-0.2, 0) is 0 Å². The van der Waals surface area contributed by atoms with E-state index in [2.05, 4.69) is 23.7 Å². The summed E-state index contributed by atoms with van der Waals surface area (Å²) in [6, 6.07) is 9.73. The van der Waals surface area contributed by atoms with Gasteiger partial charge in [0.15, 0.2) is 16.6 Å². The number of carbonyl (C=O) groups is 1.